The Bertz CT molecular complexity index is 1110. The van der Waals surface area contributed by atoms with E-state index in [1.807, 2.05) is 0 Å². The molecule has 0 bridgehead atoms. The van der Waals surface area contributed by atoms with Crippen LogP contribution in [0.25, 0.3) is 0 Å². The second kappa shape index (κ2) is 9.24. The Kier molecular flexibility index (Phi) is 6.05. The monoisotopic (exact) mass is 438 g/mol. The van der Waals surface area contributed by atoms with Crippen LogP contribution < -0.4 is 25.6 Å². The summed E-state index contributed by atoms with van der Waals surface area (Å²) in [5.74, 6) is 0.395. The molecular formula is C19H22N10O3. The SMILES string of the molecule is CNC(=O)c1c(NC(=O)Oc2nc(N3CCCC3)cnc2Nc2cncnc2)cnn1C. The average Bonchev–Trinajstić information content (AvgIpc) is 3.45. The number of nitrogens with one attached hydrogen (secondary N) is 3. The van der Waals surface area contributed by atoms with E-state index < -0.39 is 12.0 Å². The molecule has 0 saturated carbocycles. The molecule has 13 heteroatoms. The number of amides is 2. The third kappa shape index (κ3) is 4.55. The minimum atomic E-state index is -0.844. The van der Waals surface area contributed by atoms with Crippen LogP contribution >= 0.6 is 0 Å². The van der Waals surface area contributed by atoms with Crippen LogP contribution in [0, 0.1) is 0 Å². The van der Waals surface area contributed by atoms with Crippen molar-refractivity contribution in [1.29, 1.82) is 0 Å². The molecule has 0 atom stereocenters. The maximum absolute atomic E-state index is 12.7. The van der Waals surface area contributed by atoms with Crippen molar-refractivity contribution in [3.63, 3.8) is 0 Å². The van der Waals surface area contributed by atoms with E-state index in [0.717, 1.165) is 25.9 Å². The van der Waals surface area contributed by atoms with Gasteiger partial charge in [-0.3, -0.25) is 14.8 Å². The van der Waals surface area contributed by atoms with E-state index in [-0.39, 0.29) is 23.1 Å². The van der Waals surface area contributed by atoms with Gasteiger partial charge in [-0.15, -0.1) is 0 Å². The maximum Gasteiger partial charge on any atom is 0.418 e. The van der Waals surface area contributed by atoms with Crippen LogP contribution in [0.3, 0.4) is 0 Å². The second-order valence-corrected chi connectivity index (χ2v) is 6.95. The topological polar surface area (TPSA) is 152 Å². The second-order valence-electron chi connectivity index (χ2n) is 6.95. The van der Waals surface area contributed by atoms with Gasteiger partial charge in [0.1, 0.15) is 12.0 Å². The Morgan fingerprint density at radius 1 is 1.09 bits per heavy atom. The quantitative estimate of drug-likeness (QED) is 0.513. The molecule has 1 saturated heterocycles. The summed E-state index contributed by atoms with van der Waals surface area (Å²) in [5, 5.41) is 12.1. The molecular weight excluding hydrogens is 416 g/mol. The van der Waals surface area contributed by atoms with Crippen LogP contribution in [0.4, 0.5) is 27.8 Å². The summed E-state index contributed by atoms with van der Waals surface area (Å²) >= 11 is 0. The first kappa shape index (κ1) is 21.0. The fraction of sp³-hybridized carbons (Fsp3) is 0.316. The number of aromatic nitrogens is 6. The van der Waals surface area contributed by atoms with Crippen molar-refractivity contribution in [2.45, 2.75) is 12.8 Å². The summed E-state index contributed by atoms with van der Waals surface area (Å²) in [6.45, 7) is 1.70. The zero-order valence-electron chi connectivity index (χ0n) is 17.6. The summed E-state index contributed by atoms with van der Waals surface area (Å²) < 4.78 is 6.83. The van der Waals surface area contributed by atoms with Crippen LogP contribution in [0.5, 0.6) is 5.88 Å². The molecule has 2 amide bonds. The number of ether oxygens (including phenoxy) is 1. The van der Waals surface area contributed by atoms with Gasteiger partial charge in [-0.25, -0.2) is 19.7 Å². The van der Waals surface area contributed by atoms with E-state index in [9.17, 15) is 9.59 Å². The summed E-state index contributed by atoms with van der Waals surface area (Å²) in [5.41, 5.74) is 0.933. The van der Waals surface area contributed by atoms with Crippen molar-refractivity contribution in [2.24, 2.45) is 7.05 Å². The molecule has 3 N–H and O–H groups in total. The highest BCUT2D eigenvalue weighted by Gasteiger charge is 2.22. The normalized spacial score (nSPS) is 13.0. The Morgan fingerprint density at radius 2 is 1.84 bits per heavy atom. The largest absolute Gasteiger partial charge is 0.418 e. The first-order chi connectivity index (χ1) is 15.5. The highest BCUT2D eigenvalue weighted by molar-refractivity contribution is 6.01. The summed E-state index contributed by atoms with van der Waals surface area (Å²) in [7, 11) is 3.08. The fourth-order valence-corrected chi connectivity index (χ4v) is 3.26. The summed E-state index contributed by atoms with van der Waals surface area (Å²) in [6.07, 6.45) is 8.76. The summed E-state index contributed by atoms with van der Waals surface area (Å²) in [4.78, 5) is 43.6. The third-order valence-electron chi connectivity index (χ3n) is 4.79. The number of hydrogen-bond acceptors (Lipinski definition) is 10. The highest BCUT2D eigenvalue weighted by Crippen LogP contribution is 2.28. The van der Waals surface area contributed by atoms with E-state index in [4.69, 9.17) is 4.74 Å². The molecule has 0 radical (unpaired) electrons. The van der Waals surface area contributed by atoms with Gasteiger partial charge >= 0.3 is 6.09 Å². The smallest absolute Gasteiger partial charge is 0.387 e. The minimum absolute atomic E-state index is 0.0267. The fourth-order valence-electron chi connectivity index (χ4n) is 3.26. The van der Waals surface area contributed by atoms with Gasteiger partial charge in [0.2, 0.25) is 0 Å². The summed E-state index contributed by atoms with van der Waals surface area (Å²) in [6, 6.07) is 0. The molecule has 166 valence electrons. The molecule has 1 fully saturated rings. The van der Waals surface area contributed by atoms with Gasteiger partial charge in [0.05, 0.1) is 36.2 Å². The Morgan fingerprint density at radius 3 is 2.56 bits per heavy atom. The van der Waals surface area contributed by atoms with E-state index in [0.29, 0.717) is 11.5 Å². The Hall–Kier alpha value is -4.29. The zero-order chi connectivity index (χ0) is 22.5. The van der Waals surface area contributed by atoms with Crippen LogP contribution in [0.15, 0.2) is 31.1 Å². The average molecular weight is 438 g/mol. The Labute approximate surface area is 183 Å². The molecule has 3 aromatic rings. The molecule has 0 aromatic carbocycles. The molecule has 32 heavy (non-hydrogen) atoms. The van der Waals surface area contributed by atoms with E-state index in [2.05, 4.69) is 45.9 Å². The molecule has 13 nitrogen and oxygen atoms in total. The molecule has 4 heterocycles. The number of carbonyl (C=O) groups excluding carboxylic acids is 2. The van der Waals surface area contributed by atoms with Gasteiger partial charge in [0, 0.05) is 27.2 Å². The first-order valence-corrected chi connectivity index (χ1v) is 9.92. The zero-order valence-corrected chi connectivity index (χ0v) is 17.6. The lowest BCUT2D eigenvalue weighted by Gasteiger charge is -2.18. The first-order valence-electron chi connectivity index (χ1n) is 9.92. The molecule has 1 aliphatic heterocycles. The number of hydrogen-bond donors (Lipinski definition) is 3. The van der Waals surface area contributed by atoms with Gasteiger partial charge < -0.3 is 20.3 Å². The van der Waals surface area contributed by atoms with Gasteiger partial charge in [0.25, 0.3) is 11.8 Å². The van der Waals surface area contributed by atoms with Crippen molar-refractivity contribution in [3.8, 4) is 5.88 Å². The number of aryl methyl sites for hydroxylation is 1. The molecule has 1 aliphatic rings. The van der Waals surface area contributed by atoms with Gasteiger partial charge in [-0.1, -0.05) is 0 Å². The van der Waals surface area contributed by atoms with E-state index in [1.54, 1.807) is 25.6 Å². The molecule has 3 aromatic heterocycles. The predicted molar refractivity (Wildman–Crippen MR) is 115 cm³/mol. The van der Waals surface area contributed by atoms with Crippen molar-refractivity contribution in [2.75, 3.05) is 35.7 Å². The minimum Gasteiger partial charge on any atom is -0.387 e. The maximum atomic E-state index is 12.7. The molecule has 0 spiro atoms. The van der Waals surface area contributed by atoms with Crippen molar-refractivity contribution in [1.82, 2.24) is 35.0 Å². The lowest BCUT2D eigenvalue weighted by molar-refractivity contribution is 0.0954. The molecule has 4 rings (SSSR count). The van der Waals surface area contributed by atoms with E-state index in [1.165, 1.54) is 24.3 Å². The number of carbonyl (C=O) groups is 2. The van der Waals surface area contributed by atoms with Crippen molar-refractivity contribution >= 4 is 35.0 Å². The van der Waals surface area contributed by atoms with Crippen molar-refractivity contribution < 1.29 is 14.3 Å². The number of nitrogens with zero attached hydrogens (tertiary/aromatic N) is 7. The highest BCUT2D eigenvalue weighted by atomic mass is 16.6. The lowest BCUT2D eigenvalue weighted by atomic mass is 10.3. The molecule has 0 unspecified atom stereocenters. The van der Waals surface area contributed by atoms with Crippen LogP contribution in [0.1, 0.15) is 23.3 Å². The number of anilines is 4. The van der Waals surface area contributed by atoms with Crippen molar-refractivity contribution in [3.05, 3.63) is 36.8 Å². The third-order valence-corrected chi connectivity index (χ3v) is 4.79. The van der Waals surface area contributed by atoms with Gasteiger partial charge in [-0.2, -0.15) is 10.1 Å². The lowest BCUT2D eigenvalue weighted by Crippen LogP contribution is -2.25. The van der Waals surface area contributed by atoms with Gasteiger partial charge in [0.15, 0.2) is 11.6 Å². The standard InChI is InChI=1S/C19H22N10O3/c1-20-17(30)15-13(9-24-28(15)2)26-19(31)32-18-16(25-12-7-21-11-22-8-12)23-10-14(27-18)29-5-3-4-6-29/h7-11H,3-6H2,1-2H3,(H,20,30)(H,23,25)(H,26,31). The van der Waals surface area contributed by atoms with Crippen LogP contribution in [-0.2, 0) is 7.05 Å². The van der Waals surface area contributed by atoms with Crippen LogP contribution in [0.2, 0.25) is 0 Å². The Balaban J connectivity index is 1.58. The van der Waals surface area contributed by atoms with Gasteiger partial charge in [-0.05, 0) is 12.8 Å². The predicted octanol–water partition coefficient (Wildman–Crippen LogP) is 1.31. The van der Waals surface area contributed by atoms with Crippen LogP contribution in [-0.4, -0.2) is 61.9 Å². The number of rotatable bonds is 6. The molecule has 0 aliphatic carbocycles. The van der Waals surface area contributed by atoms with E-state index >= 15 is 0 Å².